The summed E-state index contributed by atoms with van der Waals surface area (Å²) in [4.78, 5) is 0. The van der Waals surface area contributed by atoms with Crippen LogP contribution >= 0.6 is 0 Å². The third kappa shape index (κ3) is 4.68. The average Bonchev–Trinajstić information content (AvgIpc) is 1.65. The predicted molar refractivity (Wildman–Crippen MR) is 34.1 cm³/mol. The fourth-order valence-corrected chi connectivity index (χ4v) is 1.51. The van der Waals surface area contributed by atoms with Crippen molar-refractivity contribution in [2.75, 3.05) is 0 Å². The van der Waals surface area contributed by atoms with Gasteiger partial charge in [-0.15, -0.1) is 0 Å². The molecule has 0 aliphatic rings. The van der Waals surface area contributed by atoms with Gasteiger partial charge in [-0.25, -0.2) is 8.42 Å². The largest absolute Gasteiger partial charge is 1.00 e. The van der Waals surface area contributed by atoms with Gasteiger partial charge in [0.25, 0.3) is 0 Å². The van der Waals surface area contributed by atoms with Crippen molar-refractivity contribution in [3.05, 3.63) is 0 Å². The van der Waals surface area contributed by atoms with E-state index in [9.17, 15) is 13.0 Å². The van der Waals surface area contributed by atoms with Gasteiger partial charge in [0.1, 0.15) is 0 Å². The van der Waals surface area contributed by atoms with Gasteiger partial charge in [0.2, 0.25) is 0 Å². The van der Waals surface area contributed by atoms with Gasteiger partial charge in [-0.3, -0.25) is 0 Å². The third-order valence-corrected chi connectivity index (χ3v) is 2.80. The number of rotatable bonds is 3. The maximum absolute atomic E-state index is 10.2. The molecule has 0 saturated heterocycles. The summed E-state index contributed by atoms with van der Waals surface area (Å²) in [5, 5.41) is -0.683. The van der Waals surface area contributed by atoms with Gasteiger partial charge in [0.05, 0.1) is 10.1 Å². The van der Waals surface area contributed by atoms with Gasteiger partial charge in [0.15, 0.2) is 0 Å². The Bertz CT molecular complexity index is 160. The molecular formula is C5H11NaO3S. The molecule has 0 heterocycles. The Morgan fingerprint density at radius 1 is 1.30 bits per heavy atom. The van der Waals surface area contributed by atoms with Gasteiger partial charge in [-0.2, -0.15) is 0 Å². The monoisotopic (exact) mass is 174 g/mol. The summed E-state index contributed by atoms with van der Waals surface area (Å²) in [6, 6.07) is 0. The predicted octanol–water partition coefficient (Wildman–Crippen LogP) is -2.28. The van der Waals surface area contributed by atoms with Crippen molar-refractivity contribution >= 4 is 10.1 Å². The Morgan fingerprint density at radius 3 is 1.60 bits per heavy atom. The summed E-state index contributed by atoms with van der Waals surface area (Å²) >= 11 is 0. The molecule has 0 aromatic carbocycles. The standard InChI is InChI=1S/C5H12O3S.Na/c1-3-5(4-2)9(6,7)8;/h5H,3-4H2,1-2H3,(H,6,7,8);/q;+1/p-1. The molecule has 0 atom stereocenters. The molecule has 5 heteroatoms. The van der Waals surface area contributed by atoms with E-state index in [2.05, 4.69) is 0 Å². The maximum Gasteiger partial charge on any atom is 1.00 e. The summed E-state index contributed by atoms with van der Waals surface area (Å²) in [6.45, 7) is 3.40. The molecule has 0 saturated carbocycles. The molecule has 0 fully saturated rings. The van der Waals surface area contributed by atoms with Crippen molar-refractivity contribution in [2.45, 2.75) is 31.9 Å². The first kappa shape index (κ1) is 13.5. The maximum atomic E-state index is 10.2. The zero-order valence-corrected chi connectivity index (χ0v) is 9.44. The van der Waals surface area contributed by atoms with E-state index in [1.165, 1.54) is 0 Å². The third-order valence-electron chi connectivity index (χ3n) is 1.32. The molecule has 0 N–H and O–H groups in total. The summed E-state index contributed by atoms with van der Waals surface area (Å²) in [7, 11) is -4.02. The fraction of sp³-hybridized carbons (Fsp3) is 1.00. The van der Waals surface area contributed by atoms with Crippen LogP contribution in [0, 0.1) is 0 Å². The first-order chi connectivity index (χ1) is 4.02. The van der Waals surface area contributed by atoms with Crippen LogP contribution in [0.3, 0.4) is 0 Å². The quantitative estimate of drug-likeness (QED) is 0.358. The van der Waals surface area contributed by atoms with Gasteiger partial charge in [-0.05, 0) is 12.8 Å². The van der Waals surface area contributed by atoms with Gasteiger partial charge in [0, 0.05) is 5.25 Å². The Balaban J connectivity index is 0. The Labute approximate surface area is 84.2 Å². The van der Waals surface area contributed by atoms with Crippen LogP contribution in [-0.2, 0) is 10.1 Å². The topological polar surface area (TPSA) is 57.2 Å². The van der Waals surface area contributed by atoms with Crippen molar-refractivity contribution in [1.29, 1.82) is 0 Å². The van der Waals surface area contributed by atoms with E-state index in [1.807, 2.05) is 0 Å². The summed E-state index contributed by atoms with van der Waals surface area (Å²) in [6.07, 6.45) is 0.838. The Hall–Kier alpha value is 0.910. The molecule has 0 bridgehead atoms. The van der Waals surface area contributed by atoms with Crippen LogP contribution in [-0.4, -0.2) is 18.2 Å². The fourth-order valence-electron chi connectivity index (χ4n) is 0.697. The molecular weight excluding hydrogens is 163 g/mol. The van der Waals surface area contributed by atoms with Crippen molar-refractivity contribution < 1.29 is 42.5 Å². The van der Waals surface area contributed by atoms with Crippen molar-refractivity contribution in [3.63, 3.8) is 0 Å². The van der Waals surface area contributed by atoms with Crippen LogP contribution in [0.15, 0.2) is 0 Å². The van der Waals surface area contributed by atoms with Crippen LogP contribution in [0.5, 0.6) is 0 Å². The van der Waals surface area contributed by atoms with E-state index in [0.29, 0.717) is 12.8 Å². The molecule has 10 heavy (non-hydrogen) atoms. The minimum Gasteiger partial charge on any atom is -0.748 e. The molecule has 0 aromatic heterocycles. The van der Waals surface area contributed by atoms with Crippen molar-refractivity contribution in [2.24, 2.45) is 0 Å². The zero-order chi connectivity index (χ0) is 7.49. The first-order valence-corrected chi connectivity index (χ1v) is 4.44. The molecule has 56 valence electrons. The molecule has 0 aromatic rings. The summed E-state index contributed by atoms with van der Waals surface area (Å²) < 4.78 is 30.7. The van der Waals surface area contributed by atoms with Gasteiger partial charge >= 0.3 is 29.6 Å². The Morgan fingerprint density at radius 2 is 1.60 bits per heavy atom. The van der Waals surface area contributed by atoms with Crippen LogP contribution in [0.4, 0.5) is 0 Å². The van der Waals surface area contributed by atoms with Gasteiger partial charge < -0.3 is 4.55 Å². The van der Waals surface area contributed by atoms with E-state index < -0.39 is 15.4 Å². The van der Waals surface area contributed by atoms with Crippen molar-refractivity contribution in [1.82, 2.24) is 0 Å². The van der Waals surface area contributed by atoms with E-state index in [1.54, 1.807) is 13.8 Å². The molecule has 0 rings (SSSR count). The summed E-state index contributed by atoms with van der Waals surface area (Å²) in [5.41, 5.74) is 0. The normalized spacial score (nSPS) is 11.2. The molecule has 0 amide bonds. The molecule has 0 spiro atoms. The van der Waals surface area contributed by atoms with Crippen LogP contribution < -0.4 is 29.6 Å². The molecule has 0 aliphatic heterocycles. The van der Waals surface area contributed by atoms with E-state index in [-0.39, 0.29) is 29.6 Å². The average molecular weight is 174 g/mol. The van der Waals surface area contributed by atoms with E-state index in [4.69, 9.17) is 0 Å². The molecule has 0 aliphatic carbocycles. The van der Waals surface area contributed by atoms with Crippen LogP contribution in [0.2, 0.25) is 0 Å². The summed E-state index contributed by atoms with van der Waals surface area (Å²) in [5.74, 6) is 0. The zero-order valence-electron chi connectivity index (χ0n) is 6.62. The number of hydrogen-bond acceptors (Lipinski definition) is 3. The minimum atomic E-state index is -4.02. The molecule has 3 nitrogen and oxygen atoms in total. The minimum absolute atomic E-state index is 0. The second kappa shape index (κ2) is 5.55. The van der Waals surface area contributed by atoms with Gasteiger partial charge in [-0.1, -0.05) is 13.8 Å². The number of hydrogen-bond donors (Lipinski definition) is 0. The van der Waals surface area contributed by atoms with Crippen LogP contribution in [0.1, 0.15) is 26.7 Å². The second-order valence-corrected chi connectivity index (χ2v) is 3.58. The SMILES string of the molecule is CCC(CC)S(=O)(=O)[O-].[Na+]. The van der Waals surface area contributed by atoms with Crippen LogP contribution in [0.25, 0.3) is 0 Å². The second-order valence-electron chi connectivity index (χ2n) is 1.93. The smallest absolute Gasteiger partial charge is 0.748 e. The van der Waals surface area contributed by atoms with Crippen molar-refractivity contribution in [3.8, 4) is 0 Å². The Kier molecular flexibility index (Phi) is 7.49. The molecule has 0 radical (unpaired) electrons. The van der Waals surface area contributed by atoms with E-state index in [0.717, 1.165) is 0 Å². The first-order valence-electron chi connectivity index (χ1n) is 2.97. The molecule has 0 unspecified atom stereocenters. The van der Waals surface area contributed by atoms with E-state index >= 15 is 0 Å².